The number of methoxy groups -OCH3 is 1. The molecule has 2 aromatic carbocycles. The van der Waals surface area contributed by atoms with Crippen molar-refractivity contribution in [3.8, 4) is 5.75 Å². The lowest BCUT2D eigenvalue weighted by atomic mass is 10.0. The molecule has 0 aliphatic carbocycles. The highest BCUT2D eigenvalue weighted by molar-refractivity contribution is 5.91. The van der Waals surface area contributed by atoms with Crippen LogP contribution in [-0.2, 0) is 16.0 Å². The fourth-order valence-electron chi connectivity index (χ4n) is 2.20. The van der Waals surface area contributed by atoms with Crippen LogP contribution in [0.1, 0.15) is 18.1 Å². The Labute approximate surface area is 131 Å². The molecule has 0 fully saturated rings. The predicted octanol–water partition coefficient (Wildman–Crippen LogP) is 3.26. The van der Waals surface area contributed by atoms with E-state index in [2.05, 4.69) is 17.4 Å². The molecule has 0 spiro atoms. The molecule has 22 heavy (non-hydrogen) atoms. The van der Waals surface area contributed by atoms with Gasteiger partial charge in [-0.25, -0.2) is 0 Å². The molecule has 0 bridgehead atoms. The van der Waals surface area contributed by atoms with Crippen LogP contribution in [-0.4, -0.2) is 26.2 Å². The van der Waals surface area contributed by atoms with E-state index in [0.717, 1.165) is 23.4 Å². The Bertz CT molecular complexity index is 611. The minimum atomic E-state index is -0.155. The molecule has 0 radical (unpaired) electrons. The molecule has 4 nitrogen and oxygen atoms in total. The summed E-state index contributed by atoms with van der Waals surface area (Å²) in [7, 11) is 1.65. The number of amides is 1. The summed E-state index contributed by atoms with van der Waals surface area (Å²) in [5.41, 5.74) is 2.97. The normalized spacial score (nSPS) is 10.3. The molecule has 0 aliphatic rings. The van der Waals surface area contributed by atoms with Crippen LogP contribution in [0.3, 0.4) is 0 Å². The van der Waals surface area contributed by atoms with E-state index in [1.807, 2.05) is 43.3 Å². The van der Waals surface area contributed by atoms with Gasteiger partial charge in [0.15, 0.2) is 0 Å². The van der Waals surface area contributed by atoms with Crippen LogP contribution >= 0.6 is 0 Å². The van der Waals surface area contributed by atoms with E-state index in [-0.39, 0.29) is 12.5 Å². The zero-order valence-corrected chi connectivity index (χ0v) is 13.0. The average molecular weight is 299 g/mol. The van der Waals surface area contributed by atoms with Gasteiger partial charge in [0.2, 0.25) is 5.91 Å². The van der Waals surface area contributed by atoms with E-state index in [0.29, 0.717) is 6.61 Å². The van der Waals surface area contributed by atoms with E-state index in [1.165, 1.54) is 5.56 Å². The maximum atomic E-state index is 11.7. The smallest absolute Gasteiger partial charge is 0.250 e. The van der Waals surface area contributed by atoms with Crippen molar-refractivity contribution in [1.82, 2.24) is 0 Å². The van der Waals surface area contributed by atoms with Crippen LogP contribution < -0.4 is 10.1 Å². The molecule has 1 N–H and O–H groups in total. The fraction of sp³-hybridized carbons (Fsp3) is 0.278. The third-order valence-corrected chi connectivity index (χ3v) is 3.24. The Morgan fingerprint density at radius 1 is 1.14 bits per heavy atom. The van der Waals surface area contributed by atoms with Crippen LogP contribution in [0.5, 0.6) is 5.75 Å². The minimum Gasteiger partial charge on any atom is -0.496 e. The summed E-state index contributed by atoms with van der Waals surface area (Å²) in [5.74, 6) is 0.657. The summed E-state index contributed by atoms with van der Waals surface area (Å²) in [4.78, 5) is 11.7. The first-order valence-electron chi connectivity index (χ1n) is 7.31. The summed E-state index contributed by atoms with van der Waals surface area (Å²) < 4.78 is 10.5. The molecule has 0 aliphatic heterocycles. The first kappa shape index (κ1) is 16.0. The van der Waals surface area contributed by atoms with Gasteiger partial charge in [0.1, 0.15) is 12.4 Å². The Hall–Kier alpha value is -2.33. The van der Waals surface area contributed by atoms with Gasteiger partial charge in [0.05, 0.1) is 7.11 Å². The van der Waals surface area contributed by atoms with Gasteiger partial charge in [-0.15, -0.1) is 0 Å². The van der Waals surface area contributed by atoms with E-state index in [4.69, 9.17) is 9.47 Å². The summed E-state index contributed by atoms with van der Waals surface area (Å²) in [6.07, 6.45) is 0.749. The molecule has 0 atom stereocenters. The molecule has 0 saturated heterocycles. The van der Waals surface area contributed by atoms with Crippen molar-refractivity contribution in [2.45, 2.75) is 13.3 Å². The van der Waals surface area contributed by atoms with E-state index in [9.17, 15) is 4.79 Å². The molecule has 0 heterocycles. The fourth-order valence-corrected chi connectivity index (χ4v) is 2.20. The van der Waals surface area contributed by atoms with Crippen LogP contribution in [0.15, 0.2) is 48.5 Å². The van der Waals surface area contributed by atoms with E-state index < -0.39 is 0 Å². The lowest BCUT2D eigenvalue weighted by Crippen LogP contribution is -2.18. The molecule has 0 unspecified atom stereocenters. The van der Waals surface area contributed by atoms with Crippen LogP contribution in [0.25, 0.3) is 0 Å². The van der Waals surface area contributed by atoms with Gasteiger partial charge in [-0.2, -0.15) is 0 Å². The topological polar surface area (TPSA) is 47.6 Å². The van der Waals surface area contributed by atoms with Crippen LogP contribution in [0.4, 0.5) is 5.69 Å². The Kier molecular flexibility index (Phi) is 5.98. The van der Waals surface area contributed by atoms with Crippen molar-refractivity contribution >= 4 is 11.6 Å². The quantitative estimate of drug-likeness (QED) is 0.853. The number of ether oxygens (including phenoxy) is 2. The van der Waals surface area contributed by atoms with Crippen LogP contribution in [0, 0.1) is 0 Å². The molecule has 2 rings (SSSR count). The number of carbonyl (C=O) groups is 1. The Balaban J connectivity index is 2.14. The summed E-state index contributed by atoms with van der Waals surface area (Å²) in [6.45, 7) is 2.45. The second kappa shape index (κ2) is 8.20. The molecular weight excluding hydrogens is 278 g/mol. The number of rotatable bonds is 7. The molecule has 1 amide bonds. The van der Waals surface area contributed by atoms with Gasteiger partial charge in [-0.1, -0.05) is 30.3 Å². The zero-order valence-electron chi connectivity index (χ0n) is 13.0. The highest BCUT2D eigenvalue weighted by atomic mass is 16.5. The number of anilines is 1. The third kappa shape index (κ3) is 4.60. The molecule has 2 aromatic rings. The standard InChI is InChI=1S/C18H21NO3/c1-3-22-13-18(20)19-16-9-10-17(21-2)15(12-16)11-14-7-5-4-6-8-14/h4-10,12H,3,11,13H2,1-2H3,(H,19,20). The molecule has 4 heteroatoms. The maximum Gasteiger partial charge on any atom is 0.250 e. The van der Waals surface area contributed by atoms with E-state index in [1.54, 1.807) is 7.11 Å². The van der Waals surface area contributed by atoms with Crippen LogP contribution in [0.2, 0.25) is 0 Å². The van der Waals surface area contributed by atoms with Gasteiger partial charge in [-0.05, 0) is 30.7 Å². The largest absolute Gasteiger partial charge is 0.496 e. The minimum absolute atomic E-state index is 0.0660. The predicted molar refractivity (Wildman–Crippen MR) is 87.4 cm³/mol. The number of hydrogen-bond donors (Lipinski definition) is 1. The summed E-state index contributed by atoms with van der Waals surface area (Å²) in [6, 6.07) is 15.8. The number of benzene rings is 2. The third-order valence-electron chi connectivity index (χ3n) is 3.24. The first-order chi connectivity index (χ1) is 10.7. The molecule has 0 aromatic heterocycles. The SMILES string of the molecule is CCOCC(=O)Nc1ccc(OC)c(Cc2ccccc2)c1. The number of carbonyl (C=O) groups excluding carboxylic acids is 1. The highest BCUT2D eigenvalue weighted by Crippen LogP contribution is 2.25. The van der Waals surface area contributed by atoms with Crippen molar-refractivity contribution in [2.75, 3.05) is 25.6 Å². The van der Waals surface area contributed by atoms with Crippen molar-refractivity contribution in [3.63, 3.8) is 0 Å². The molecular formula is C18H21NO3. The van der Waals surface area contributed by atoms with Crippen molar-refractivity contribution in [2.24, 2.45) is 0 Å². The summed E-state index contributed by atoms with van der Waals surface area (Å²) in [5, 5.41) is 2.83. The van der Waals surface area contributed by atoms with E-state index >= 15 is 0 Å². The van der Waals surface area contributed by atoms with Gasteiger partial charge in [-0.3, -0.25) is 4.79 Å². The zero-order chi connectivity index (χ0) is 15.8. The Morgan fingerprint density at radius 2 is 1.91 bits per heavy atom. The maximum absolute atomic E-state index is 11.7. The van der Waals surface area contributed by atoms with Gasteiger partial charge in [0.25, 0.3) is 0 Å². The molecule has 0 saturated carbocycles. The monoisotopic (exact) mass is 299 g/mol. The second-order valence-corrected chi connectivity index (χ2v) is 4.87. The highest BCUT2D eigenvalue weighted by Gasteiger charge is 2.08. The van der Waals surface area contributed by atoms with Crippen molar-refractivity contribution < 1.29 is 14.3 Å². The van der Waals surface area contributed by atoms with Gasteiger partial charge >= 0.3 is 0 Å². The first-order valence-corrected chi connectivity index (χ1v) is 7.31. The summed E-state index contributed by atoms with van der Waals surface area (Å²) >= 11 is 0. The lowest BCUT2D eigenvalue weighted by molar-refractivity contribution is -0.120. The number of hydrogen-bond acceptors (Lipinski definition) is 3. The second-order valence-electron chi connectivity index (χ2n) is 4.87. The number of nitrogens with one attached hydrogen (secondary N) is 1. The van der Waals surface area contributed by atoms with Crippen molar-refractivity contribution in [3.05, 3.63) is 59.7 Å². The average Bonchev–Trinajstić information content (AvgIpc) is 2.54. The Morgan fingerprint density at radius 3 is 2.59 bits per heavy atom. The molecule has 116 valence electrons. The van der Waals surface area contributed by atoms with Gasteiger partial charge in [0, 0.05) is 24.3 Å². The van der Waals surface area contributed by atoms with Crippen molar-refractivity contribution in [1.29, 1.82) is 0 Å². The van der Waals surface area contributed by atoms with Gasteiger partial charge < -0.3 is 14.8 Å². The lowest BCUT2D eigenvalue weighted by Gasteiger charge is -2.12.